The molecule has 0 fully saturated rings. The fourth-order valence-corrected chi connectivity index (χ4v) is 8.30. The summed E-state index contributed by atoms with van der Waals surface area (Å²) in [5.74, 6) is -0.532. The summed E-state index contributed by atoms with van der Waals surface area (Å²) >= 11 is 0. The van der Waals surface area contributed by atoms with E-state index in [-0.39, 0.29) is 24.9 Å². The summed E-state index contributed by atoms with van der Waals surface area (Å²) in [4.78, 5) is 26.2. The van der Waals surface area contributed by atoms with Crippen LogP contribution in [0.25, 0.3) is 0 Å². The van der Waals surface area contributed by atoms with Crippen LogP contribution in [-0.4, -0.2) is 46.9 Å². The molecule has 0 bridgehead atoms. The lowest BCUT2D eigenvalue weighted by Crippen LogP contribution is -2.46. The Morgan fingerprint density at radius 2 is 0.800 bits per heavy atom. The average molecular weight is 911 g/mol. The minimum atomic E-state index is -0.805. The molecule has 0 aliphatic rings. The lowest BCUT2D eigenvalue weighted by molar-refractivity contribution is -0.151. The zero-order valence-electron chi connectivity index (χ0n) is 43.1. The number of carbonyl (C=O) groups excluding carboxylic acids is 2. The quantitative estimate of drug-likeness (QED) is 0.0321. The third-order valence-corrected chi connectivity index (χ3v) is 12.6. The monoisotopic (exact) mass is 910 g/mol. The van der Waals surface area contributed by atoms with E-state index in [0.29, 0.717) is 19.3 Å². The number of unbranched alkanes of at least 4 members (excludes halogenated alkanes) is 28. The summed E-state index contributed by atoms with van der Waals surface area (Å²) in [7, 11) is 0. The van der Waals surface area contributed by atoms with Gasteiger partial charge in [0.05, 0.1) is 25.2 Å². The number of rotatable bonds is 50. The number of aliphatic hydroxyl groups is 2. The van der Waals surface area contributed by atoms with Gasteiger partial charge in [0.25, 0.3) is 0 Å². The zero-order chi connectivity index (χ0) is 47.4. The van der Waals surface area contributed by atoms with E-state index in [1.807, 2.05) is 0 Å². The highest BCUT2D eigenvalue weighted by molar-refractivity contribution is 5.77. The molecule has 0 aromatic carbocycles. The van der Waals surface area contributed by atoms with Crippen molar-refractivity contribution >= 4 is 11.9 Å². The maximum absolute atomic E-state index is 13.2. The fraction of sp³-hybridized carbons (Fsp3) is 0.797. The summed E-state index contributed by atoms with van der Waals surface area (Å²) in [5.41, 5.74) is 0. The molecule has 0 saturated carbocycles. The number of aliphatic hydroxyl groups excluding tert-OH is 2. The minimum absolute atomic E-state index is 0.0365. The third-order valence-electron chi connectivity index (χ3n) is 12.6. The Balaban J connectivity index is 4.68. The Morgan fingerprint density at radius 1 is 0.446 bits per heavy atom. The highest BCUT2D eigenvalue weighted by atomic mass is 16.5. The molecule has 0 spiro atoms. The van der Waals surface area contributed by atoms with E-state index in [1.54, 1.807) is 0 Å². The van der Waals surface area contributed by atoms with Crippen molar-refractivity contribution in [1.29, 1.82) is 0 Å². The van der Waals surface area contributed by atoms with E-state index in [4.69, 9.17) is 4.74 Å². The summed E-state index contributed by atoms with van der Waals surface area (Å²) in [5, 5.41) is 23.8. The Kier molecular flexibility index (Phi) is 50.6. The number of allylic oxidation sites excluding steroid dienone is 10. The number of carbonyl (C=O) groups is 2. The van der Waals surface area contributed by atoms with Crippen LogP contribution in [0.4, 0.5) is 0 Å². The van der Waals surface area contributed by atoms with Gasteiger partial charge in [0.15, 0.2) is 0 Å². The second-order valence-corrected chi connectivity index (χ2v) is 19.0. The number of ether oxygens (including phenoxy) is 1. The van der Waals surface area contributed by atoms with E-state index < -0.39 is 18.2 Å². The highest BCUT2D eigenvalue weighted by Gasteiger charge is 2.24. The molecule has 6 nitrogen and oxygen atoms in total. The van der Waals surface area contributed by atoms with E-state index in [2.05, 4.69) is 86.8 Å². The SMILES string of the molecule is CCCCC/C=C\C/C=C\C/C=C\C/C=C\CCCC(CC(=O)NC(CO)C(O)CCCCCCCCCCCCCCC)OC(=O)CCCCCCC/C=C/CCCCCCCCC. The van der Waals surface area contributed by atoms with E-state index in [9.17, 15) is 19.8 Å². The molecule has 0 heterocycles. The molecule has 0 saturated heterocycles. The first kappa shape index (κ1) is 62.6. The molecule has 3 unspecified atom stereocenters. The normalized spacial score (nSPS) is 13.6. The molecule has 0 rings (SSSR count). The Morgan fingerprint density at radius 3 is 1.26 bits per heavy atom. The molecule has 3 N–H and O–H groups in total. The molecule has 3 atom stereocenters. The van der Waals surface area contributed by atoms with Crippen LogP contribution in [0, 0.1) is 0 Å². The van der Waals surface area contributed by atoms with E-state index in [1.165, 1.54) is 154 Å². The molecule has 65 heavy (non-hydrogen) atoms. The van der Waals surface area contributed by atoms with Gasteiger partial charge in [0.1, 0.15) is 6.10 Å². The van der Waals surface area contributed by atoms with Crippen LogP contribution in [0.3, 0.4) is 0 Å². The van der Waals surface area contributed by atoms with Crippen molar-refractivity contribution in [3.63, 3.8) is 0 Å². The maximum Gasteiger partial charge on any atom is 0.306 e. The summed E-state index contributed by atoms with van der Waals surface area (Å²) in [6, 6.07) is -0.722. The second-order valence-electron chi connectivity index (χ2n) is 19.0. The Bertz CT molecular complexity index is 1160. The van der Waals surface area contributed by atoms with Crippen molar-refractivity contribution < 1.29 is 24.5 Å². The van der Waals surface area contributed by atoms with Gasteiger partial charge in [-0.25, -0.2) is 0 Å². The van der Waals surface area contributed by atoms with E-state index in [0.717, 1.165) is 77.0 Å². The number of hydrogen-bond donors (Lipinski definition) is 3. The van der Waals surface area contributed by atoms with Crippen molar-refractivity contribution in [3.8, 4) is 0 Å². The molecule has 0 aliphatic carbocycles. The van der Waals surface area contributed by atoms with Gasteiger partial charge >= 0.3 is 5.97 Å². The first-order chi connectivity index (χ1) is 32.0. The summed E-state index contributed by atoms with van der Waals surface area (Å²) < 4.78 is 5.92. The van der Waals surface area contributed by atoms with Crippen LogP contribution in [-0.2, 0) is 14.3 Å². The van der Waals surface area contributed by atoms with Crippen LogP contribution in [0.1, 0.15) is 278 Å². The Labute approximate surface area is 403 Å². The van der Waals surface area contributed by atoms with Gasteiger partial charge in [-0.15, -0.1) is 0 Å². The molecule has 0 aromatic rings. The predicted molar refractivity (Wildman–Crippen MR) is 282 cm³/mol. The molecular formula is C59H107NO5. The van der Waals surface area contributed by atoms with Gasteiger partial charge in [-0.3, -0.25) is 9.59 Å². The molecule has 0 radical (unpaired) electrons. The lowest BCUT2D eigenvalue weighted by Gasteiger charge is -2.24. The number of hydrogen-bond acceptors (Lipinski definition) is 5. The number of amides is 1. The van der Waals surface area contributed by atoms with E-state index >= 15 is 0 Å². The van der Waals surface area contributed by atoms with Crippen LogP contribution < -0.4 is 5.32 Å². The average Bonchev–Trinajstić information content (AvgIpc) is 3.30. The Hall–Kier alpha value is -2.44. The molecular weight excluding hydrogens is 803 g/mol. The fourth-order valence-electron chi connectivity index (χ4n) is 8.30. The van der Waals surface area contributed by atoms with Gasteiger partial charge < -0.3 is 20.3 Å². The van der Waals surface area contributed by atoms with Gasteiger partial charge in [-0.05, 0) is 89.9 Å². The number of esters is 1. The van der Waals surface area contributed by atoms with Gasteiger partial charge in [-0.1, -0.05) is 236 Å². The predicted octanol–water partition coefficient (Wildman–Crippen LogP) is 17.2. The third kappa shape index (κ3) is 47.8. The molecule has 0 aromatic heterocycles. The standard InChI is InChI=1S/C59H107NO5/c1-4-7-10-13-16-19-22-25-27-29-30-33-35-38-41-44-47-50-55(65-59(64)52-49-46-43-40-37-34-31-28-26-23-20-17-14-11-8-5-2)53-58(63)60-56(54-61)57(62)51-48-45-42-39-36-32-24-21-18-15-12-9-6-3/h16,19,25,27-28,30-31,33,38,41,55-57,61-62H,4-15,17-18,20-24,26,29,32,34-37,39-40,42-54H2,1-3H3,(H,60,63)/b19-16-,27-25-,31-28+,33-30-,41-38-. The topological polar surface area (TPSA) is 95.9 Å². The first-order valence-corrected chi connectivity index (χ1v) is 28.0. The smallest absolute Gasteiger partial charge is 0.306 e. The van der Waals surface area contributed by atoms with Crippen LogP contribution >= 0.6 is 0 Å². The highest BCUT2D eigenvalue weighted by Crippen LogP contribution is 2.17. The molecule has 1 amide bonds. The van der Waals surface area contributed by atoms with Gasteiger partial charge in [0.2, 0.25) is 5.91 Å². The van der Waals surface area contributed by atoms with Crippen molar-refractivity contribution in [2.45, 2.75) is 296 Å². The van der Waals surface area contributed by atoms with Crippen LogP contribution in [0.5, 0.6) is 0 Å². The molecule has 0 aliphatic heterocycles. The second kappa shape index (κ2) is 52.5. The first-order valence-electron chi connectivity index (χ1n) is 28.0. The van der Waals surface area contributed by atoms with Crippen molar-refractivity contribution in [3.05, 3.63) is 60.8 Å². The summed E-state index contributed by atoms with van der Waals surface area (Å²) in [6.45, 7) is 6.45. The van der Waals surface area contributed by atoms with Gasteiger partial charge in [-0.2, -0.15) is 0 Å². The summed E-state index contributed by atoms with van der Waals surface area (Å²) in [6.07, 6.45) is 65.7. The molecule has 6 heteroatoms. The van der Waals surface area contributed by atoms with Crippen molar-refractivity contribution in [1.82, 2.24) is 5.32 Å². The number of nitrogens with one attached hydrogen (secondary N) is 1. The van der Waals surface area contributed by atoms with Crippen molar-refractivity contribution in [2.24, 2.45) is 0 Å². The zero-order valence-corrected chi connectivity index (χ0v) is 43.1. The van der Waals surface area contributed by atoms with Gasteiger partial charge in [0, 0.05) is 6.42 Å². The largest absolute Gasteiger partial charge is 0.462 e. The lowest BCUT2D eigenvalue weighted by atomic mass is 10.0. The minimum Gasteiger partial charge on any atom is -0.462 e. The molecule has 378 valence electrons. The maximum atomic E-state index is 13.2. The van der Waals surface area contributed by atoms with Crippen molar-refractivity contribution in [2.75, 3.05) is 6.61 Å². The van der Waals surface area contributed by atoms with Crippen LogP contribution in [0.2, 0.25) is 0 Å². The van der Waals surface area contributed by atoms with Crippen LogP contribution in [0.15, 0.2) is 60.8 Å².